The first-order valence-corrected chi connectivity index (χ1v) is 13.3. The van der Waals surface area contributed by atoms with Crippen LogP contribution in [0.15, 0.2) is 66.8 Å². The summed E-state index contributed by atoms with van der Waals surface area (Å²) in [6.45, 7) is 2.32. The zero-order valence-corrected chi connectivity index (χ0v) is 23.0. The number of phenolic OH excluding ortho intramolecular Hbond substituents is 1. The highest BCUT2D eigenvalue weighted by molar-refractivity contribution is 6.12. The van der Waals surface area contributed by atoms with Gasteiger partial charge in [0.2, 0.25) is 5.82 Å². The van der Waals surface area contributed by atoms with Gasteiger partial charge in [-0.1, -0.05) is 5.92 Å². The third-order valence-corrected chi connectivity index (χ3v) is 6.61. The van der Waals surface area contributed by atoms with E-state index in [0.717, 1.165) is 12.1 Å². The highest BCUT2D eigenvalue weighted by Gasteiger charge is 2.21. The van der Waals surface area contributed by atoms with Gasteiger partial charge in [-0.15, -0.1) is 0 Å². The zero-order chi connectivity index (χ0) is 30.3. The summed E-state index contributed by atoms with van der Waals surface area (Å²) in [5.41, 5.74) is 6.83. The maximum atomic E-state index is 13.7. The minimum absolute atomic E-state index is 0.0110. The first-order chi connectivity index (χ1) is 20.8. The minimum atomic E-state index is -0.583. The number of carbonyl (C=O) groups is 1. The predicted molar refractivity (Wildman–Crippen MR) is 158 cm³/mol. The maximum absolute atomic E-state index is 13.7. The summed E-state index contributed by atoms with van der Waals surface area (Å²) >= 11 is 0. The molecular formula is C29H28FN11O2. The highest BCUT2D eigenvalue weighted by atomic mass is 19.1. The standard InChI is InChI=1S/C29H28FN11O2/c30-19-5-6-24(42)20(16-19)21(31)17-23(28(32)33)39-11-3-12-40(15-14-39)26-7-10-34-25(37-26)4-1-8-36-29(43)22-18-27-35-9-2-13-41(27)38-22/h2,5-7,9-10,13,16-18,31,42H,3,8,11-12,14-15H2,(H3,32,33)(H,36,43)/b23-17+,31-21?. The molecule has 43 heavy (non-hydrogen) atoms. The largest absolute Gasteiger partial charge is 0.507 e. The molecule has 4 heterocycles. The van der Waals surface area contributed by atoms with Crippen molar-refractivity contribution < 1.29 is 14.3 Å². The molecule has 1 saturated heterocycles. The summed E-state index contributed by atoms with van der Waals surface area (Å²) in [5, 5.41) is 33.4. The first-order valence-electron chi connectivity index (χ1n) is 13.3. The molecule has 6 N–H and O–H groups in total. The fourth-order valence-corrected chi connectivity index (χ4v) is 4.53. The Bertz CT molecular complexity index is 1760. The van der Waals surface area contributed by atoms with E-state index in [9.17, 15) is 14.3 Å². The number of aromatic nitrogens is 5. The number of nitrogens with one attached hydrogen (secondary N) is 3. The van der Waals surface area contributed by atoms with E-state index >= 15 is 0 Å². The van der Waals surface area contributed by atoms with Crippen molar-refractivity contribution in [3.05, 3.63) is 89.7 Å². The number of hydrogen-bond acceptors (Lipinski definition) is 10. The molecule has 0 aliphatic carbocycles. The van der Waals surface area contributed by atoms with Crippen molar-refractivity contribution in [3.63, 3.8) is 0 Å². The second-order valence-corrected chi connectivity index (χ2v) is 9.52. The summed E-state index contributed by atoms with van der Waals surface area (Å²) in [7, 11) is 0. The Hall–Kier alpha value is -5.84. The fourth-order valence-electron chi connectivity index (χ4n) is 4.53. The topological polar surface area (TPSA) is 186 Å². The number of nitrogens with two attached hydrogens (primary N) is 1. The molecule has 0 atom stereocenters. The maximum Gasteiger partial charge on any atom is 0.272 e. The molecular weight excluding hydrogens is 553 g/mol. The second kappa shape index (κ2) is 12.8. The van der Waals surface area contributed by atoms with Crippen LogP contribution in [0.1, 0.15) is 28.3 Å². The van der Waals surface area contributed by atoms with Crippen LogP contribution in [-0.4, -0.2) is 84.8 Å². The molecule has 1 amide bonds. The van der Waals surface area contributed by atoms with E-state index in [1.165, 1.54) is 16.7 Å². The van der Waals surface area contributed by atoms with E-state index in [-0.39, 0.29) is 41.0 Å². The Kier molecular flexibility index (Phi) is 8.52. The lowest BCUT2D eigenvalue weighted by Gasteiger charge is -2.26. The van der Waals surface area contributed by atoms with Gasteiger partial charge < -0.3 is 31.4 Å². The van der Waals surface area contributed by atoms with Crippen LogP contribution in [0, 0.1) is 28.5 Å². The van der Waals surface area contributed by atoms with E-state index in [0.29, 0.717) is 55.6 Å². The number of amides is 1. The average molecular weight is 582 g/mol. The van der Waals surface area contributed by atoms with Gasteiger partial charge in [0.15, 0.2) is 11.3 Å². The van der Waals surface area contributed by atoms with Crippen molar-refractivity contribution in [2.75, 3.05) is 37.6 Å². The van der Waals surface area contributed by atoms with Gasteiger partial charge in [-0.3, -0.25) is 10.2 Å². The molecule has 3 aromatic heterocycles. The Morgan fingerprint density at radius 1 is 1.14 bits per heavy atom. The fraction of sp³-hybridized carbons (Fsp3) is 0.207. The van der Waals surface area contributed by atoms with Gasteiger partial charge in [0.05, 0.1) is 18.0 Å². The number of nitrogens with zero attached hydrogens (tertiary/aromatic N) is 7. The van der Waals surface area contributed by atoms with Gasteiger partial charge in [-0.2, -0.15) is 5.10 Å². The molecule has 0 spiro atoms. The summed E-state index contributed by atoms with van der Waals surface area (Å²) in [6.07, 6.45) is 7.02. The third kappa shape index (κ3) is 6.91. The Labute approximate surface area is 245 Å². The average Bonchev–Trinajstić information content (AvgIpc) is 3.30. The molecule has 14 heteroatoms. The van der Waals surface area contributed by atoms with Crippen LogP contribution in [0.2, 0.25) is 0 Å². The van der Waals surface area contributed by atoms with Gasteiger partial charge in [-0.25, -0.2) is 23.9 Å². The summed E-state index contributed by atoms with van der Waals surface area (Å²) in [6, 6.07) is 8.45. The van der Waals surface area contributed by atoms with E-state index in [2.05, 4.69) is 42.1 Å². The molecule has 1 aliphatic heterocycles. The van der Waals surface area contributed by atoms with Crippen molar-refractivity contribution in [3.8, 4) is 17.6 Å². The van der Waals surface area contributed by atoms with Crippen molar-refractivity contribution in [1.82, 2.24) is 34.8 Å². The Morgan fingerprint density at radius 3 is 2.81 bits per heavy atom. The summed E-state index contributed by atoms with van der Waals surface area (Å²) < 4.78 is 15.2. The molecule has 13 nitrogen and oxygen atoms in total. The summed E-state index contributed by atoms with van der Waals surface area (Å²) in [4.78, 5) is 29.3. The number of anilines is 1. The van der Waals surface area contributed by atoms with Gasteiger partial charge in [0, 0.05) is 56.4 Å². The van der Waals surface area contributed by atoms with Crippen LogP contribution in [0.4, 0.5) is 10.2 Å². The van der Waals surface area contributed by atoms with Crippen LogP contribution in [0.5, 0.6) is 5.75 Å². The number of aromatic hydroxyl groups is 1. The molecule has 1 aromatic carbocycles. The quantitative estimate of drug-likeness (QED) is 0.123. The Balaban J connectivity index is 1.21. The van der Waals surface area contributed by atoms with E-state index in [4.69, 9.17) is 16.6 Å². The molecule has 0 bridgehead atoms. The highest BCUT2D eigenvalue weighted by Crippen LogP contribution is 2.21. The smallest absolute Gasteiger partial charge is 0.272 e. The lowest BCUT2D eigenvalue weighted by atomic mass is 10.1. The normalized spacial score (nSPS) is 13.7. The number of halogens is 1. The van der Waals surface area contributed by atoms with Gasteiger partial charge in [-0.05, 0) is 48.7 Å². The lowest BCUT2D eigenvalue weighted by molar-refractivity contribution is 0.0953. The molecule has 0 unspecified atom stereocenters. The van der Waals surface area contributed by atoms with Crippen LogP contribution in [-0.2, 0) is 0 Å². The number of fused-ring (bicyclic) bond motifs is 1. The van der Waals surface area contributed by atoms with Crippen LogP contribution in [0.3, 0.4) is 0 Å². The number of hydrogen-bond donors (Lipinski definition) is 5. The first kappa shape index (κ1) is 28.7. The van der Waals surface area contributed by atoms with Crippen LogP contribution >= 0.6 is 0 Å². The molecule has 1 aliphatic rings. The summed E-state index contributed by atoms with van der Waals surface area (Å²) in [5.74, 6) is 5.29. The van der Waals surface area contributed by atoms with Gasteiger partial charge in [0.1, 0.15) is 23.2 Å². The van der Waals surface area contributed by atoms with Gasteiger partial charge >= 0.3 is 0 Å². The second-order valence-electron chi connectivity index (χ2n) is 9.52. The predicted octanol–water partition coefficient (Wildman–Crippen LogP) is 1.55. The molecule has 0 saturated carbocycles. The van der Waals surface area contributed by atoms with E-state index in [1.807, 2.05) is 4.90 Å². The third-order valence-electron chi connectivity index (χ3n) is 6.61. The van der Waals surface area contributed by atoms with Gasteiger partial charge in [0.25, 0.3) is 5.91 Å². The number of amidine groups is 1. The number of allylic oxidation sites excluding steroid dienone is 1. The SMILES string of the molecule is N=C(N)/C(=C\C(=N)c1cc(F)ccc1O)N1CCCN(c2ccnc(C#CCNC(=O)c3cc4ncccn4n3)n2)CC1. The van der Waals surface area contributed by atoms with Crippen molar-refractivity contribution in [2.45, 2.75) is 6.42 Å². The van der Waals surface area contributed by atoms with Crippen LogP contribution < -0.4 is 16.0 Å². The van der Waals surface area contributed by atoms with Crippen molar-refractivity contribution >= 4 is 28.9 Å². The minimum Gasteiger partial charge on any atom is -0.507 e. The number of benzene rings is 1. The molecule has 0 radical (unpaired) electrons. The lowest BCUT2D eigenvalue weighted by Crippen LogP contribution is -2.35. The number of phenols is 1. The van der Waals surface area contributed by atoms with E-state index in [1.54, 1.807) is 36.8 Å². The van der Waals surface area contributed by atoms with E-state index < -0.39 is 5.82 Å². The number of rotatable bonds is 7. The number of carbonyl (C=O) groups excluding carboxylic acids is 1. The van der Waals surface area contributed by atoms with Crippen molar-refractivity contribution in [2.24, 2.45) is 5.73 Å². The van der Waals surface area contributed by atoms with Crippen molar-refractivity contribution in [1.29, 1.82) is 10.8 Å². The monoisotopic (exact) mass is 581 g/mol. The molecule has 4 aromatic rings. The molecule has 1 fully saturated rings. The zero-order valence-electron chi connectivity index (χ0n) is 23.0. The van der Waals surface area contributed by atoms with Crippen LogP contribution in [0.25, 0.3) is 5.65 Å². The molecule has 218 valence electrons. The molecule has 5 rings (SSSR count). The Morgan fingerprint density at radius 2 is 2.00 bits per heavy atom.